The van der Waals surface area contributed by atoms with Gasteiger partial charge in [-0.2, -0.15) is 0 Å². The number of allylic oxidation sites excluding steroid dienone is 2. The second-order valence-electron chi connectivity index (χ2n) is 9.66. The number of Topliss-reactive ketones (excluding diaryl/α,β-unsaturated/α-hetero) is 1. The maximum absolute atomic E-state index is 12.3. The molecule has 3 N–H and O–H groups in total. The summed E-state index contributed by atoms with van der Waals surface area (Å²) < 4.78 is 0. The first kappa shape index (κ1) is 18.3. The summed E-state index contributed by atoms with van der Waals surface area (Å²) in [4.78, 5) is 24.2. The molecule has 0 amide bonds. The fourth-order valence-corrected chi connectivity index (χ4v) is 7.25. The van der Waals surface area contributed by atoms with Crippen LogP contribution in [0.15, 0.2) is 12.2 Å². The lowest BCUT2D eigenvalue weighted by atomic mass is 9.44. The average Bonchev–Trinajstić information content (AvgIpc) is 2.87. The van der Waals surface area contributed by atoms with Gasteiger partial charge in [0.1, 0.15) is 5.60 Å². The Labute approximate surface area is 154 Å². The van der Waals surface area contributed by atoms with E-state index in [1.54, 1.807) is 6.08 Å². The first-order chi connectivity index (χ1) is 12.1. The summed E-state index contributed by atoms with van der Waals surface area (Å²) in [6, 6.07) is 0. The number of aliphatic hydroxyl groups excluding tert-OH is 2. The maximum atomic E-state index is 12.3. The van der Waals surface area contributed by atoms with Gasteiger partial charge in [0.25, 0.3) is 0 Å². The quantitative estimate of drug-likeness (QED) is 0.659. The Morgan fingerprint density at radius 1 is 1.08 bits per heavy atom. The second kappa shape index (κ2) is 5.49. The van der Waals surface area contributed by atoms with Crippen molar-refractivity contribution in [2.45, 2.75) is 70.7 Å². The topological polar surface area (TPSA) is 94.8 Å². The molecule has 1 unspecified atom stereocenters. The predicted molar refractivity (Wildman–Crippen MR) is 95.1 cm³/mol. The largest absolute Gasteiger partial charge is 0.390 e. The van der Waals surface area contributed by atoms with Gasteiger partial charge >= 0.3 is 0 Å². The minimum absolute atomic E-state index is 0.00430. The van der Waals surface area contributed by atoms with Crippen molar-refractivity contribution in [3.8, 4) is 0 Å². The van der Waals surface area contributed by atoms with Gasteiger partial charge in [-0.05, 0) is 61.9 Å². The molecule has 0 aliphatic heterocycles. The number of hydrogen-bond acceptors (Lipinski definition) is 5. The lowest BCUT2D eigenvalue weighted by Gasteiger charge is -2.62. The molecule has 0 aromatic rings. The van der Waals surface area contributed by atoms with Crippen LogP contribution in [0.5, 0.6) is 0 Å². The molecule has 4 aliphatic rings. The smallest absolute Gasteiger partial charge is 0.161 e. The van der Waals surface area contributed by atoms with Gasteiger partial charge in [0.15, 0.2) is 11.6 Å². The lowest BCUT2D eigenvalue weighted by molar-refractivity contribution is -0.207. The van der Waals surface area contributed by atoms with Gasteiger partial charge in [-0.3, -0.25) is 9.59 Å². The summed E-state index contributed by atoms with van der Waals surface area (Å²) in [5.74, 6) is -0.500. The van der Waals surface area contributed by atoms with Crippen LogP contribution in [0.1, 0.15) is 52.9 Å². The Morgan fingerprint density at radius 3 is 2.38 bits per heavy atom. The molecule has 5 heteroatoms. The molecule has 0 saturated heterocycles. The molecule has 0 spiro atoms. The first-order valence-electron chi connectivity index (χ1n) is 9.88. The highest BCUT2D eigenvalue weighted by atomic mass is 16.3. The van der Waals surface area contributed by atoms with Crippen LogP contribution in [0, 0.1) is 34.5 Å². The zero-order valence-electron chi connectivity index (χ0n) is 15.8. The van der Waals surface area contributed by atoms with E-state index in [0.29, 0.717) is 12.8 Å². The Bertz CT molecular complexity index is 686. The van der Waals surface area contributed by atoms with Crippen molar-refractivity contribution < 1.29 is 24.9 Å². The molecule has 0 bridgehead atoms. The molecule has 26 heavy (non-hydrogen) atoms. The zero-order chi connectivity index (χ0) is 19.1. The summed E-state index contributed by atoms with van der Waals surface area (Å²) in [6.07, 6.45) is 4.58. The average molecular weight is 362 g/mol. The van der Waals surface area contributed by atoms with E-state index in [4.69, 9.17) is 0 Å². The van der Waals surface area contributed by atoms with E-state index >= 15 is 0 Å². The van der Waals surface area contributed by atoms with E-state index in [1.807, 2.05) is 13.0 Å². The molecule has 4 rings (SSSR count). The van der Waals surface area contributed by atoms with Gasteiger partial charge in [-0.25, -0.2) is 0 Å². The van der Waals surface area contributed by atoms with Crippen molar-refractivity contribution in [3.05, 3.63) is 12.2 Å². The Hall–Kier alpha value is -1.04. The first-order valence-corrected chi connectivity index (χ1v) is 9.88. The van der Waals surface area contributed by atoms with Crippen LogP contribution < -0.4 is 0 Å². The van der Waals surface area contributed by atoms with Crippen LogP contribution in [0.2, 0.25) is 0 Å². The molecule has 0 aromatic carbocycles. The Kier molecular flexibility index (Phi) is 3.87. The highest BCUT2D eigenvalue weighted by Gasteiger charge is 2.68. The van der Waals surface area contributed by atoms with Gasteiger partial charge in [0, 0.05) is 17.8 Å². The number of fused-ring (bicyclic) bond motifs is 5. The van der Waals surface area contributed by atoms with Gasteiger partial charge in [0.2, 0.25) is 0 Å². The molecule has 9 atom stereocenters. The summed E-state index contributed by atoms with van der Waals surface area (Å²) in [7, 11) is 0. The second-order valence-corrected chi connectivity index (χ2v) is 9.66. The van der Waals surface area contributed by atoms with E-state index < -0.39 is 23.2 Å². The number of ketones is 2. The third-order valence-electron chi connectivity index (χ3n) is 8.87. The normalized spacial score (nSPS) is 55.8. The fourth-order valence-electron chi connectivity index (χ4n) is 7.25. The molecular weight excluding hydrogens is 332 g/mol. The predicted octanol–water partition coefficient (Wildman–Crippen LogP) is 1.64. The third-order valence-corrected chi connectivity index (χ3v) is 8.87. The van der Waals surface area contributed by atoms with E-state index in [0.717, 1.165) is 12.8 Å². The fraction of sp³-hybridized carbons (Fsp3) is 0.810. The van der Waals surface area contributed by atoms with E-state index in [9.17, 15) is 24.9 Å². The van der Waals surface area contributed by atoms with Crippen molar-refractivity contribution >= 4 is 11.6 Å². The Morgan fingerprint density at radius 2 is 1.73 bits per heavy atom. The molecule has 144 valence electrons. The van der Waals surface area contributed by atoms with Crippen molar-refractivity contribution in [3.63, 3.8) is 0 Å². The molecule has 3 saturated carbocycles. The van der Waals surface area contributed by atoms with Crippen molar-refractivity contribution in [1.82, 2.24) is 0 Å². The van der Waals surface area contributed by atoms with Crippen molar-refractivity contribution in [1.29, 1.82) is 0 Å². The summed E-state index contributed by atoms with van der Waals surface area (Å²) >= 11 is 0. The van der Waals surface area contributed by atoms with Crippen LogP contribution in [0.25, 0.3) is 0 Å². The van der Waals surface area contributed by atoms with Gasteiger partial charge in [0.05, 0.1) is 12.2 Å². The monoisotopic (exact) mass is 362 g/mol. The summed E-state index contributed by atoms with van der Waals surface area (Å²) in [5, 5.41) is 33.0. The van der Waals surface area contributed by atoms with Crippen molar-refractivity contribution in [2.75, 3.05) is 0 Å². The van der Waals surface area contributed by atoms with Gasteiger partial charge < -0.3 is 15.3 Å². The third kappa shape index (κ3) is 2.02. The maximum Gasteiger partial charge on any atom is 0.161 e. The van der Waals surface area contributed by atoms with Crippen LogP contribution in [0.4, 0.5) is 0 Å². The number of carbonyl (C=O) groups is 2. The molecule has 4 aliphatic carbocycles. The number of rotatable bonds is 1. The molecular formula is C21H30O5. The van der Waals surface area contributed by atoms with Crippen LogP contribution in [-0.4, -0.2) is 44.7 Å². The van der Waals surface area contributed by atoms with Crippen LogP contribution in [-0.2, 0) is 9.59 Å². The summed E-state index contributed by atoms with van der Waals surface area (Å²) in [6.45, 7) is 5.54. The molecule has 5 nitrogen and oxygen atoms in total. The standard InChI is InChI=1S/C21H30O5/c1-11(22)21(26)9-6-14-16-13(5-8-20(14,21)3)19(2)7-4-12(23)10-15(19)17(24)18(16)25/h4,7,13-18,24-26H,5-6,8-10H2,1-3H3/t13-,14-,15?,16+,17+,18+,19+,20-,21-/m0/s1. The molecule has 3 fully saturated rings. The minimum atomic E-state index is -1.34. The summed E-state index contributed by atoms with van der Waals surface area (Å²) in [5.41, 5.74) is -2.25. The zero-order valence-corrected chi connectivity index (χ0v) is 15.8. The van der Waals surface area contributed by atoms with Crippen molar-refractivity contribution in [2.24, 2.45) is 34.5 Å². The van der Waals surface area contributed by atoms with Crippen LogP contribution in [0.3, 0.4) is 0 Å². The molecule has 0 aromatic heterocycles. The highest BCUT2D eigenvalue weighted by molar-refractivity contribution is 5.91. The molecule has 0 heterocycles. The number of carbonyl (C=O) groups excluding carboxylic acids is 2. The van der Waals surface area contributed by atoms with Gasteiger partial charge in [-0.1, -0.05) is 19.9 Å². The highest BCUT2D eigenvalue weighted by Crippen LogP contribution is 2.67. The van der Waals surface area contributed by atoms with Gasteiger partial charge in [-0.15, -0.1) is 0 Å². The SMILES string of the molecule is CC(=O)[C@@]1(O)CC[C@H]2[C@@H]3[C@@H](O)[C@H](O)C4CC(=O)C=C[C@]4(C)[C@H]3CC[C@@]21C. The number of aliphatic hydroxyl groups is 3. The van der Waals surface area contributed by atoms with E-state index in [-0.39, 0.29) is 47.1 Å². The van der Waals surface area contributed by atoms with E-state index in [2.05, 4.69) is 6.92 Å². The lowest BCUT2D eigenvalue weighted by Crippen LogP contribution is -2.64. The van der Waals surface area contributed by atoms with Crippen LogP contribution >= 0.6 is 0 Å². The number of hydrogen-bond donors (Lipinski definition) is 3. The molecule has 0 radical (unpaired) electrons. The minimum Gasteiger partial charge on any atom is -0.390 e. The van der Waals surface area contributed by atoms with E-state index in [1.165, 1.54) is 6.92 Å². The Balaban J connectivity index is 1.78.